The lowest BCUT2D eigenvalue weighted by atomic mass is 9.86. The van der Waals surface area contributed by atoms with Gasteiger partial charge >= 0.3 is 0 Å². The molecule has 1 aliphatic carbocycles. The van der Waals surface area contributed by atoms with Gasteiger partial charge in [0.15, 0.2) is 5.84 Å². The van der Waals surface area contributed by atoms with Crippen molar-refractivity contribution in [2.24, 2.45) is 16.8 Å². The molecule has 2 unspecified atom stereocenters. The minimum absolute atomic E-state index is 0.00885. The fraction of sp³-hybridized carbons (Fsp3) is 0.571. The Bertz CT molecular complexity index is 464. The Morgan fingerprint density at radius 1 is 1.45 bits per heavy atom. The van der Waals surface area contributed by atoms with Crippen LogP contribution in [-0.2, 0) is 6.54 Å². The molecule has 1 fully saturated rings. The number of pyridine rings is 1. The van der Waals surface area contributed by atoms with Crippen molar-refractivity contribution in [1.29, 1.82) is 0 Å². The molecule has 1 aromatic rings. The van der Waals surface area contributed by atoms with Crippen molar-refractivity contribution >= 4 is 5.84 Å². The van der Waals surface area contributed by atoms with Gasteiger partial charge in [0, 0.05) is 19.3 Å². The minimum Gasteiger partial charge on any atom is -0.409 e. The molecule has 6 nitrogen and oxygen atoms in total. The van der Waals surface area contributed by atoms with Crippen molar-refractivity contribution in [3.05, 3.63) is 29.6 Å². The first kappa shape index (κ1) is 14.7. The first-order valence-corrected chi connectivity index (χ1v) is 7.02. The number of oxime groups is 1. The molecule has 0 aromatic carbocycles. The van der Waals surface area contributed by atoms with Crippen LogP contribution < -0.4 is 11.1 Å². The molecule has 1 saturated carbocycles. The average molecular weight is 278 g/mol. The van der Waals surface area contributed by atoms with E-state index in [1.54, 1.807) is 12.3 Å². The first-order valence-electron chi connectivity index (χ1n) is 7.02. The number of nitrogens with two attached hydrogens (primary N) is 1. The zero-order chi connectivity index (χ0) is 14.4. The molecule has 0 bridgehead atoms. The van der Waals surface area contributed by atoms with Gasteiger partial charge in [0.1, 0.15) is 5.69 Å². The molecule has 0 spiro atoms. The van der Waals surface area contributed by atoms with Crippen molar-refractivity contribution in [3.63, 3.8) is 0 Å². The van der Waals surface area contributed by atoms with Crippen molar-refractivity contribution in [3.8, 4) is 0 Å². The zero-order valence-electron chi connectivity index (χ0n) is 11.5. The molecular weight excluding hydrogens is 256 g/mol. The fourth-order valence-electron chi connectivity index (χ4n) is 2.60. The monoisotopic (exact) mass is 278 g/mol. The highest BCUT2D eigenvalue weighted by molar-refractivity contribution is 5.95. The minimum atomic E-state index is -0.179. The van der Waals surface area contributed by atoms with E-state index in [2.05, 4.69) is 15.5 Å². The van der Waals surface area contributed by atoms with E-state index >= 15 is 0 Å². The summed E-state index contributed by atoms with van der Waals surface area (Å²) in [4.78, 5) is 4.04. The summed E-state index contributed by atoms with van der Waals surface area (Å²) in [5.41, 5.74) is 6.99. The van der Waals surface area contributed by atoms with Crippen LogP contribution in [0.5, 0.6) is 0 Å². The Hall–Kier alpha value is -1.66. The maximum absolute atomic E-state index is 9.90. The highest BCUT2D eigenvalue weighted by Crippen LogP contribution is 2.23. The van der Waals surface area contributed by atoms with Gasteiger partial charge < -0.3 is 21.4 Å². The van der Waals surface area contributed by atoms with E-state index in [1.807, 2.05) is 6.07 Å². The van der Waals surface area contributed by atoms with E-state index < -0.39 is 0 Å². The van der Waals surface area contributed by atoms with Gasteiger partial charge in [0.2, 0.25) is 0 Å². The highest BCUT2D eigenvalue weighted by Gasteiger charge is 2.22. The maximum Gasteiger partial charge on any atom is 0.188 e. The Kier molecular flexibility index (Phi) is 5.31. The molecule has 0 aliphatic heterocycles. The molecule has 2 atom stereocenters. The van der Waals surface area contributed by atoms with E-state index in [9.17, 15) is 5.11 Å². The third kappa shape index (κ3) is 3.91. The predicted octanol–water partition coefficient (Wildman–Crippen LogP) is 0.817. The van der Waals surface area contributed by atoms with Gasteiger partial charge in [-0.3, -0.25) is 4.98 Å². The Morgan fingerprint density at radius 3 is 3.00 bits per heavy atom. The van der Waals surface area contributed by atoms with Gasteiger partial charge in [-0.25, -0.2) is 0 Å². The fourth-order valence-corrected chi connectivity index (χ4v) is 2.60. The van der Waals surface area contributed by atoms with Crippen molar-refractivity contribution in [1.82, 2.24) is 10.3 Å². The van der Waals surface area contributed by atoms with Crippen LogP contribution in [0.1, 0.15) is 36.9 Å². The smallest absolute Gasteiger partial charge is 0.188 e. The number of aliphatic hydroxyl groups is 1. The number of rotatable bonds is 5. The van der Waals surface area contributed by atoms with E-state index in [4.69, 9.17) is 10.9 Å². The van der Waals surface area contributed by atoms with Crippen molar-refractivity contribution in [2.45, 2.75) is 38.3 Å². The topological polar surface area (TPSA) is 104 Å². The van der Waals surface area contributed by atoms with Gasteiger partial charge in [-0.05, 0) is 36.5 Å². The normalized spacial score (nSPS) is 23.8. The lowest BCUT2D eigenvalue weighted by Gasteiger charge is -2.27. The Balaban J connectivity index is 1.84. The SMILES string of the molecule is NC(=NO)c1cc(CNCC2CCCCC2O)ccn1. The maximum atomic E-state index is 9.90. The molecule has 2 rings (SSSR count). The number of amidine groups is 1. The lowest BCUT2D eigenvalue weighted by molar-refractivity contribution is 0.0695. The molecule has 0 saturated heterocycles. The second kappa shape index (κ2) is 7.21. The molecule has 0 amide bonds. The van der Waals surface area contributed by atoms with E-state index in [-0.39, 0.29) is 11.9 Å². The summed E-state index contributed by atoms with van der Waals surface area (Å²) < 4.78 is 0. The van der Waals surface area contributed by atoms with Crippen molar-refractivity contribution in [2.75, 3.05) is 6.54 Å². The lowest BCUT2D eigenvalue weighted by Crippen LogP contribution is -2.33. The van der Waals surface area contributed by atoms with Crippen molar-refractivity contribution < 1.29 is 10.3 Å². The summed E-state index contributed by atoms with van der Waals surface area (Å²) in [5.74, 6) is 0.351. The van der Waals surface area contributed by atoms with E-state index in [1.165, 1.54) is 6.42 Å². The molecule has 1 aliphatic rings. The quantitative estimate of drug-likeness (QED) is 0.276. The van der Waals surface area contributed by atoms with Gasteiger partial charge in [-0.2, -0.15) is 0 Å². The first-order chi connectivity index (χ1) is 9.70. The largest absolute Gasteiger partial charge is 0.409 e. The van der Waals surface area contributed by atoms with Crippen LogP contribution in [0.3, 0.4) is 0 Å². The molecule has 1 aromatic heterocycles. The van der Waals surface area contributed by atoms with Gasteiger partial charge in [-0.1, -0.05) is 18.0 Å². The Labute approximate surface area is 118 Å². The van der Waals surface area contributed by atoms with Crippen LogP contribution in [0.2, 0.25) is 0 Å². The number of nitrogens with one attached hydrogen (secondary N) is 1. The number of hydrogen-bond donors (Lipinski definition) is 4. The summed E-state index contributed by atoms with van der Waals surface area (Å²) in [5, 5.41) is 24.8. The van der Waals surface area contributed by atoms with Crippen LogP contribution >= 0.6 is 0 Å². The predicted molar refractivity (Wildman–Crippen MR) is 76.4 cm³/mol. The third-order valence-electron chi connectivity index (χ3n) is 3.80. The molecule has 5 N–H and O–H groups in total. The number of aliphatic hydroxyl groups excluding tert-OH is 1. The van der Waals surface area contributed by atoms with E-state index in [0.29, 0.717) is 18.2 Å². The van der Waals surface area contributed by atoms with Crippen LogP contribution in [0.4, 0.5) is 0 Å². The third-order valence-corrected chi connectivity index (χ3v) is 3.80. The Morgan fingerprint density at radius 2 is 2.25 bits per heavy atom. The molecule has 110 valence electrons. The number of hydrogen-bond acceptors (Lipinski definition) is 5. The summed E-state index contributed by atoms with van der Waals surface area (Å²) in [7, 11) is 0. The standard InChI is InChI=1S/C14H22N4O2/c15-14(18-20)12-7-10(5-6-17-12)8-16-9-11-3-1-2-4-13(11)19/h5-7,11,13,16,19-20H,1-4,8-9H2,(H2,15,18). The van der Waals surface area contributed by atoms with E-state index in [0.717, 1.165) is 31.4 Å². The molecule has 1 heterocycles. The second-order valence-corrected chi connectivity index (χ2v) is 5.28. The summed E-state index contributed by atoms with van der Waals surface area (Å²) in [6, 6.07) is 3.68. The van der Waals surface area contributed by atoms with Gasteiger partial charge in [0.05, 0.1) is 6.10 Å². The average Bonchev–Trinajstić information content (AvgIpc) is 2.49. The van der Waals surface area contributed by atoms with Crippen LogP contribution in [0.25, 0.3) is 0 Å². The molecular formula is C14H22N4O2. The molecule has 6 heteroatoms. The summed E-state index contributed by atoms with van der Waals surface area (Å²) >= 11 is 0. The second-order valence-electron chi connectivity index (χ2n) is 5.28. The molecule has 0 radical (unpaired) electrons. The highest BCUT2D eigenvalue weighted by atomic mass is 16.4. The molecule has 20 heavy (non-hydrogen) atoms. The van der Waals surface area contributed by atoms with Gasteiger partial charge in [0.25, 0.3) is 0 Å². The summed E-state index contributed by atoms with van der Waals surface area (Å²) in [6.45, 7) is 1.49. The summed E-state index contributed by atoms with van der Waals surface area (Å²) in [6.07, 6.45) is 5.79. The van der Waals surface area contributed by atoms with Gasteiger partial charge in [-0.15, -0.1) is 0 Å². The van der Waals surface area contributed by atoms with Crippen LogP contribution in [-0.4, -0.2) is 33.8 Å². The zero-order valence-corrected chi connectivity index (χ0v) is 11.5. The van der Waals surface area contributed by atoms with Crippen LogP contribution in [0.15, 0.2) is 23.5 Å². The van der Waals surface area contributed by atoms with Crippen LogP contribution in [0, 0.1) is 5.92 Å². The number of nitrogens with zero attached hydrogens (tertiary/aromatic N) is 2. The number of aromatic nitrogens is 1.